The summed E-state index contributed by atoms with van der Waals surface area (Å²) in [5.41, 5.74) is 1.49. The zero-order chi connectivity index (χ0) is 17.8. The number of ether oxygens (including phenoxy) is 3. The van der Waals surface area contributed by atoms with Crippen LogP contribution in [-0.4, -0.2) is 18.5 Å². The number of benzene rings is 1. The van der Waals surface area contributed by atoms with E-state index in [2.05, 4.69) is 0 Å². The Kier molecular flexibility index (Phi) is 5.96. The van der Waals surface area contributed by atoms with E-state index in [4.69, 9.17) is 37.4 Å². The van der Waals surface area contributed by atoms with E-state index in [-0.39, 0.29) is 32.0 Å². The fraction of sp³-hybridized carbons (Fsp3) is 0.294. The summed E-state index contributed by atoms with van der Waals surface area (Å²) in [5.74, 6) is 0.0407. The maximum atomic E-state index is 12.0. The van der Waals surface area contributed by atoms with Crippen LogP contribution in [0.5, 0.6) is 5.75 Å². The topological polar surface area (TPSA) is 61.8 Å². The highest BCUT2D eigenvalue weighted by atomic mass is 35.5. The van der Waals surface area contributed by atoms with Crippen molar-refractivity contribution in [3.05, 3.63) is 49.6 Å². The first-order chi connectivity index (χ1) is 12.0. The van der Waals surface area contributed by atoms with Crippen LogP contribution in [0.4, 0.5) is 0 Å². The fourth-order valence-electron chi connectivity index (χ4n) is 2.40. The van der Waals surface area contributed by atoms with Crippen molar-refractivity contribution < 1.29 is 23.8 Å². The quantitative estimate of drug-likeness (QED) is 0.522. The number of ketones is 1. The first-order valence-electron chi connectivity index (χ1n) is 7.49. The van der Waals surface area contributed by atoms with E-state index in [1.807, 2.05) is 0 Å². The highest BCUT2D eigenvalue weighted by Crippen LogP contribution is 2.32. The molecule has 1 aliphatic rings. The standard InChI is InChI=1S/C17H14Cl2O5S/c18-12-5-10-7-22-9-24-17(10)11(6-12)8-23-16(21)4-1-13(20)14-2-3-15(19)25-14/h2-3,5-6H,1,4,7-9H2. The van der Waals surface area contributed by atoms with Crippen molar-refractivity contribution in [3.63, 3.8) is 0 Å². The van der Waals surface area contributed by atoms with Gasteiger partial charge in [-0.1, -0.05) is 23.2 Å². The molecular weight excluding hydrogens is 387 g/mol. The average molecular weight is 401 g/mol. The van der Waals surface area contributed by atoms with E-state index in [1.165, 1.54) is 11.3 Å². The number of hydrogen-bond donors (Lipinski definition) is 0. The van der Waals surface area contributed by atoms with Crippen LogP contribution in [0, 0.1) is 0 Å². The Labute approximate surface area is 158 Å². The maximum Gasteiger partial charge on any atom is 0.306 e. The molecule has 0 spiro atoms. The van der Waals surface area contributed by atoms with Gasteiger partial charge in [-0.15, -0.1) is 11.3 Å². The van der Waals surface area contributed by atoms with Crippen LogP contribution >= 0.6 is 34.5 Å². The second-order valence-corrected chi connectivity index (χ2v) is 7.50. The van der Waals surface area contributed by atoms with E-state index in [0.717, 1.165) is 5.56 Å². The number of thiophene rings is 1. The molecule has 1 aliphatic heterocycles. The molecule has 5 nitrogen and oxygen atoms in total. The predicted molar refractivity (Wildman–Crippen MR) is 94.4 cm³/mol. The summed E-state index contributed by atoms with van der Waals surface area (Å²) >= 11 is 13.1. The molecule has 2 heterocycles. The number of esters is 1. The Morgan fingerprint density at radius 1 is 1.20 bits per heavy atom. The van der Waals surface area contributed by atoms with E-state index in [0.29, 0.717) is 32.2 Å². The van der Waals surface area contributed by atoms with Gasteiger partial charge in [0.2, 0.25) is 0 Å². The lowest BCUT2D eigenvalue weighted by Crippen LogP contribution is -2.14. The van der Waals surface area contributed by atoms with Gasteiger partial charge in [-0.2, -0.15) is 0 Å². The van der Waals surface area contributed by atoms with Gasteiger partial charge in [0.15, 0.2) is 12.6 Å². The molecule has 0 saturated heterocycles. The van der Waals surface area contributed by atoms with Crippen LogP contribution in [0.15, 0.2) is 24.3 Å². The number of halogens is 2. The third-order valence-corrected chi connectivity index (χ3v) is 5.03. The minimum Gasteiger partial charge on any atom is -0.467 e. The normalized spacial score (nSPS) is 13.0. The Morgan fingerprint density at radius 2 is 2.04 bits per heavy atom. The van der Waals surface area contributed by atoms with Crippen molar-refractivity contribution in [3.8, 4) is 5.75 Å². The Morgan fingerprint density at radius 3 is 2.80 bits per heavy atom. The molecule has 1 aromatic carbocycles. The van der Waals surface area contributed by atoms with Crippen molar-refractivity contribution in [2.45, 2.75) is 26.1 Å². The molecule has 0 N–H and O–H groups in total. The maximum absolute atomic E-state index is 12.0. The van der Waals surface area contributed by atoms with Gasteiger partial charge in [0, 0.05) is 22.6 Å². The predicted octanol–water partition coefficient (Wildman–Crippen LogP) is 4.63. The monoisotopic (exact) mass is 400 g/mol. The zero-order valence-electron chi connectivity index (χ0n) is 13.1. The molecule has 2 aromatic rings. The molecule has 0 aliphatic carbocycles. The number of hydrogen-bond acceptors (Lipinski definition) is 6. The number of Topliss-reactive ketones (excluding diaryl/α,β-unsaturated/α-hetero) is 1. The molecule has 0 atom stereocenters. The smallest absolute Gasteiger partial charge is 0.306 e. The molecule has 0 radical (unpaired) electrons. The fourth-order valence-corrected chi connectivity index (χ4v) is 3.67. The van der Waals surface area contributed by atoms with Gasteiger partial charge in [-0.3, -0.25) is 9.59 Å². The van der Waals surface area contributed by atoms with Gasteiger partial charge in [-0.05, 0) is 24.3 Å². The van der Waals surface area contributed by atoms with Gasteiger partial charge >= 0.3 is 5.97 Å². The van der Waals surface area contributed by atoms with E-state index in [9.17, 15) is 9.59 Å². The highest BCUT2D eigenvalue weighted by Gasteiger charge is 2.18. The third-order valence-electron chi connectivity index (χ3n) is 3.54. The van der Waals surface area contributed by atoms with Crippen molar-refractivity contribution in [1.29, 1.82) is 0 Å². The summed E-state index contributed by atoms with van der Waals surface area (Å²) in [6.45, 7) is 0.572. The Hall–Kier alpha value is -1.60. The number of carbonyl (C=O) groups excluding carboxylic acids is 2. The number of fused-ring (bicyclic) bond motifs is 1. The average Bonchev–Trinajstić information content (AvgIpc) is 3.04. The first-order valence-corrected chi connectivity index (χ1v) is 9.06. The van der Waals surface area contributed by atoms with Gasteiger partial charge in [-0.25, -0.2) is 0 Å². The van der Waals surface area contributed by atoms with Gasteiger partial charge in [0.05, 0.1) is 22.2 Å². The van der Waals surface area contributed by atoms with Gasteiger partial charge in [0.1, 0.15) is 12.4 Å². The molecule has 0 amide bonds. The van der Waals surface area contributed by atoms with E-state index < -0.39 is 5.97 Å². The zero-order valence-corrected chi connectivity index (χ0v) is 15.4. The van der Waals surface area contributed by atoms with Gasteiger partial charge < -0.3 is 14.2 Å². The third kappa shape index (κ3) is 4.73. The number of rotatable bonds is 6. The highest BCUT2D eigenvalue weighted by molar-refractivity contribution is 7.18. The van der Waals surface area contributed by atoms with Crippen LogP contribution in [0.3, 0.4) is 0 Å². The SMILES string of the molecule is O=C(CCC(=O)c1ccc(Cl)s1)OCc1cc(Cl)cc2c1OCOC2. The van der Waals surface area contributed by atoms with Crippen molar-refractivity contribution in [2.75, 3.05) is 6.79 Å². The summed E-state index contributed by atoms with van der Waals surface area (Å²) in [6, 6.07) is 6.76. The second-order valence-electron chi connectivity index (χ2n) is 5.35. The molecule has 25 heavy (non-hydrogen) atoms. The van der Waals surface area contributed by atoms with Crippen LogP contribution in [0.2, 0.25) is 9.36 Å². The molecule has 1 aromatic heterocycles. The molecule has 0 bridgehead atoms. The molecule has 0 fully saturated rings. The summed E-state index contributed by atoms with van der Waals surface area (Å²) < 4.78 is 16.5. The van der Waals surface area contributed by atoms with Crippen molar-refractivity contribution in [2.24, 2.45) is 0 Å². The van der Waals surface area contributed by atoms with Crippen molar-refractivity contribution in [1.82, 2.24) is 0 Å². The lowest BCUT2D eigenvalue weighted by Gasteiger charge is -2.21. The molecule has 132 valence electrons. The molecule has 8 heteroatoms. The van der Waals surface area contributed by atoms with Crippen LogP contribution in [0.1, 0.15) is 33.6 Å². The lowest BCUT2D eigenvalue weighted by molar-refractivity contribution is -0.145. The molecule has 0 saturated carbocycles. The largest absolute Gasteiger partial charge is 0.467 e. The first kappa shape index (κ1) is 18.2. The molecule has 3 rings (SSSR count). The molecule has 0 unspecified atom stereocenters. The summed E-state index contributed by atoms with van der Waals surface area (Å²) in [6.07, 6.45) is 0.0781. The molecular formula is C17H14Cl2O5S. The van der Waals surface area contributed by atoms with Crippen LogP contribution < -0.4 is 4.74 Å². The summed E-state index contributed by atoms with van der Waals surface area (Å²) in [7, 11) is 0. The van der Waals surface area contributed by atoms with Crippen LogP contribution in [0.25, 0.3) is 0 Å². The van der Waals surface area contributed by atoms with Gasteiger partial charge in [0.25, 0.3) is 0 Å². The lowest BCUT2D eigenvalue weighted by atomic mass is 10.1. The summed E-state index contributed by atoms with van der Waals surface area (Å²) in [4.78, 5) is 24.4. The summed E-state index contributed by atoms with van der Waals surface area (Å²) in [5, 5.41) is 0.517. The van der Waals surface area contributed by atoms with E-state index in [1.54, 1.807) is 24.3 Å². The van der Waals surface area contributed by atoms with E-state index >= 15 is 0 Å². The Balaban J connectivity index is 1.54. The van der Waals surface area contributed by atoms with Crippen molar-refractivity contribution >= 4 is 46.3 Å². The van der Waals surface area contributed by atoms with Crippen LogP contribution in [-0.2, 0) is 27.5 Å². The minimum atomic E-state index is -0.461. The minimum absolute atomic E-state index is 0.00107. The number of carbonyl (C=O) groups is 2. The Bertz CT molecular complexity index is 802. The second kappa shape index (κ2) is 8.19.